The highest BCUT2D eigenvalue weighted by atomic mass is 16.1. The van der Waals surface area contributed by atoms with Crippen molar-refractivity contribution in [1.82, 2.24) is 9.97 Å². The predicted molar refractivity (Wildman–Crippen MR) is 98.8 cm³/mol. The Bertz CT molecular complexity index is 685. The maximum atomic E-state index is 12.7. The van der Waals surface area contributed by atoms with Crippen LogP contribution in [0.5, 0.6) is 0 Å². The van der Waals surface area contributed by atoms with Crippen LogP contribution in [0.4, 0.5) is 17.5 Å². The van der Waals surface area contributed by atoms with E-state index in [0.717, 1.165) is 12.0 Å². The Labute approximate surface area is 143 Å². The van der Waals surface area contributed by atoms with Gasteiger partial charge in [-0.15, -0.1) is 0 Å². The first-order valence-corrected chi connectivity index (χ1v) is 8.01. The molecule has 0 spiro atoms. The molecule has 1 aromatic heterocycles. The van der Waals surface area contributed by atoms with E-state index in [4.69, 9.17) is 0 Å². The maximum Gasteiger partial charge on any atom is 0.232 e. The third-order valence-corrected chi connectivity index (χ3v) is 3.76. The summed E-state index contributed by atoms with van der Waals surface area (Å²) in [5, 5.41) is 2.98. The Morgan fingerprint density at radius 3 is 2.33 bits per heavy atom. The molecule has 0 unspecified atom stereocenters. The highest BCUT2D eigenvalue weighted by molar-refractivity contribution is 5.97. The van der Waals surface area contributed by atoms with Gasteiger partial charge >= 0.3 is 0 Å². The maximum absolute atomic E-state index is 12.7. The molecule has 128 valence electrons. The molecule has 24 heavy (non-hydrogen) atoms. The molecule has 1 heterocycles. The lowest BCUT2D eigenvalue weighted by Crippen LogP contribution is -2.24. The van der Waals surface area contributed by atoms with Crippen LogP contribution in [-0.2, 0) is 4.79 Å². The molecule has 6 nitrogen and oxygen atoms in total. The number of carbonyl (C=O) groups is 1. The van der Waals surface area contributed by atoms with Gasteiger partial charge in [-0.25, -0.2) is 4.98 Å². The number of carbonyl (C=O) groups excluding carboxylic acids is 1. The third kappa shape index (κ3) is 4.01. The summed E-state index contributed by atoms with van der Waals surface area (Å²) < 4.78 is 0. The molecular formula is C18H25N5O. The van der Waals surface area contributed by atoms with E-state index in [1.54, 1.807) is 6.20 Å². The summed E-state index contributed by atoms with van der Waals surface area (Å²) in [5.41, 5.74) is 1.62. The Morgan fingerprint density at radius 1 is 1.12 bits per heavy atom. The zero-order valence-corrected chi connectivity index (χ0v) is 14.9. The molecule has 1 N–H and O–H groups in total. The SMILES string of the molecule is CC[C@@H](C(=O)Nc1cnc(N(C)C)nc1N(C)C)c1ccccc1. The highest BCUT2D eigenvalue weighted by Gasteiger charge is 2.21. The Morgan fingerprint density at radius 2 is 1.79 bits per heavy atom. The second-order valence-electron chi connectivity index (χ2n) is 6.06. The normalized spacial score (nSPS) is 11.7. The first-order valence-electron chi connectivity index (χ1n) is 8.01. The van der Waals surface area contributed by atoms with Crippen LogP contribution in [0.25, 0.3) is 0 Å². The average Bonchev–Trinajstić information content (AvgIpc) is 2.56. The van der Waals surface area contributed by atoms with E-state index >= 15 is 0 Å². The summed E-state index contributed by atoms with van der Waals surface area (Å²) >= 11 is 0. The zero-order chi connectivity index (χ0) is 17.7. The van der Waals surface area contributed by atoms with E-state index in [1.807, 2.05) is 75.2 Å². The second kappa shape index (κ2) is 7.77. The Hall–Kier alpha value is -2.63. The van der Waals surface area contributed by atoms with Crippen molar-refractivity contribution in [2.75, 3.05) is 43.3 Å². The molecule has 0 aliphatic carbocycles. The van der Waals surface area contributed by atoms with Crippen molar-refractivity contribution in [3.63, 3.8) is 0 Å². The fraction of sp³-hybridized carbons (Fsp3) is 0.389. The molecule has 0 saturated heterocycles. The molecule has 2 rings (SSSR count). The van der Waals surface area contributed by atoms with Gasteiger partial charge in [-0.2, -0.15) is 4.98 Å². The van der Waals surface area contributed by atoms with Crippen LogP contribution < -0.4 is 15.1 Å². The van der Waals surface area contributed by atoms with Crippen LogP contribution in [0.3, 0.4) is 0 Å². The highest BCUT2D eigenvalue weighted by Crippen LogP contribution is 2.26. The van der Waals surface area contributed by atoms with Crippen LogP contribution in [0.15, 0.2) is 36.5 Å². The van der Waals surface area contributed by atoms with Crippen molar-refractivity contribution in [3.8, 4) is 0 Å². The van der Waals surface area contributed by atoms with Gasteiger partial charge in [0, 0.05) is 28.2 Å². The molecule has 0 fully saturated rings. The quantitative estimate of drug-likeness (QED) is 0.884. The van der Waals surface area contributed by atoms with Gasteiger partial charge in [-0.1, -0.05) is 37.3 Å². The minimum atomic E-state index is -0.199. The summed E-state index contributed by atoms with van der Waals surface area (Å²) in [6.45, 7) is 2.01. The number of nitrogens with one attached hydrogen (secondary N) is 1. The minimum absolute atomic E-state index is 0.0481. The molecule has 1 amide bonds. The van der Waals surface area contributed by atoms with Crippen molar-refractivity contribution < 1.29 is 4.79 Å². The molecule has 0 aliphatic rings. The third-order valence-electron chi connectivity index (χ3n) is 3.76. The molecule has 2 aromatic rings. The first kappa shape index (κ1) is 17.7. The number of rotatable bonds is 6. The monoisotopic (exact) mass is 327 g/mol. The number of benzene rings is 1. The molecule has 0 saturated carbocycles. The van der Waals surface area contributed by atoms with Crippen molar-refractivity contribution in [1.29, 1.82) is 0 Å². The fourth-order valence-electron chi connectivity index (χ4n) is 2.49. The van der Waals surface area contributed by atoms with Crippen LogP contribution in [-0.4, -0.2) is 44.1 Å². The number of hydrogen-bond donors (Lipinski definition) is 1. The van der Waals surface area contributed by atoms with Crippen LogP contribution in [0.1, 0.15) is 24.8 Å². The summed E-state index contributed by atoms with van der Waals surface area (Å²) in [5.74, 6) is 1.04. The number of nitrogens with zero attached hydrogens (tertiary/aromatic N) is 4. The van der Waals surface area contributed by atoms with Gasteiger partial charge in [0.15, 0.2) is 5.82 Å². The molecule has 0 bridgehead atoms. The van der Waals surface area contributed by atoms with Crippen LogP contribution in [0.2, 0.25) is 0 Å². The predicted octanol–water partition coefficient (Wildman–Crippen LogP) is 2.74. The topological polar surface area (TPSA) is 61.4 Å². The van der Waals surface area contributed by atoms with Gasteiger partial charge in [0.25, 0.3) is 0 Å². The van der Waals surface area contributed by atoms with Crippen LogP contribution >= 0.6 is 0 Å². The van der Waals surface area contributed by atoms with Crippen molar-refractivity contribution in [2.45, 2.75) is 19.3 Å². The van der Waals surface area contributed by atoms with Gasteiger partial charge in [-0.05, 0) is 12.0 Å². The summed E-state index contributed by atoms with van der Waals surface area (Å²) in [7, 11) is 7.56. The lowest BCUT2D eigenvalue weighted by atomic mass is 9.95. The minimum Gasteiger partial charge on any atom is -0.361 e. The van der Waals surface area contributed by atoms with E-state index in [9.17, 15) is 4.79 Å². The molecule has 1 aromatic carbocycles. The number of anilines is 3. The van der Waals surface area contributed by atoms with E-state index in [2.05, 4.69) is 15.3 Å². The molecule has 0 radical (unpaired) electrons. The van der Waals surface area contributed by atoms with Crippen molar-refractivity contribution in [2.24, 2.45) is 0 Å². The van der Waals surface area contributed by atoms with Gasteiger partial charge in [0.1, 0.15) is 5.69 Å². The van der Waals surface area contributed by atoms with E-state index in [0.29, 0.717) is 17.5 Å². The van der Waals surface area contributed by atoms with Gasteiger partial charge < -0.3 is 15.1 Å². The average molecular weight is 327 g/mol. The number of amides is 1. The zero-order valence-electron chi connectivity index (χ0n) is 14.9. The van der Waals surface area contributed by atoms with Gasteiger partial charge in [-0.3, -0.25) is 4.79 Å². The smallest absolute Gasteiger partial charge is 0.232 e. The number of hydrogen-bond acceptors (Lipinski definition) is 5. The van der Waals surface area contributed by atoms with E-state index < -0.39 is 0 Å². The summed E-state index contributed by atoms with van der Waals surface area (Å²) in [4.78, 5) is 25.3. The fourth-order valence-corrected chi connectivity index (χ4v) is 2.49. The lowest BCUT2D eigenvalue weighted by molar-refractivity contribution is -0.117. The second-order valence-corrected chi connectivity index (χ2v) is 6.06. The Kier molecular flexibility index (Phi) is 5.73. The molecular weight excluding hydrogens is 302 g/mol. The molecule has 0 aliphatic heterocycles. The van der Waals surface area contributed by atoms with Gasteiger partial charge in [0.05, 0.1) is 12.1 Å². The standard InChI is InChI=1S/C18H25N5O/c1-6-14(13-10-8-7-9-11-13)17(24)20-15-12-19-18(23(4)5)21-16(15)22(2)3/h7-12,14H,6H2,1-5H3,(H,20,24)/t14-/m1/s1. The largest absolute Gasteiger partial charge is 0.361 e. The molecule has 6 heteroatoms. The summed E-state index contributed by atoms with van der Waals surface area (Å²) in [6.07, 6.45) is 2.39. The lowest BCUT2D eigenvalue weighted by Gasteiger charge is -2.21. The number of aromatic nitrogens is 2. The van der Waals surface area contributed by atoms with Crippen LogP contribution in [0, 0.1) is 0 Å². The van der Waals surface area contributed by atoms with Gasteiger partial charge in [0.2, 0.25) is 11.9 Å². The van der Waals surface area contributed by atoms with Crippen molar-refractivity contribution >= 4 is 23.4 Å². The van der Waals surface area contributed by atoms with E-state index in [1.165, 1.54) is 0 Å². The van der Waals surface area contributed by atoms with E-state index in [-0.39, 0.29) is 11.8 Å². The Balaban J connectivity index is 2.27. The first-order chi connectivity index (χ1) is 11.4. The molecule has 1 atom stereocenters. The summed E-state index contributed by atoms with van der Waals surface area (Å²) in [6, 6.07) is 9.81. The van der Waals surface area contributed by atoms with Crippen molar-refractivity contribution in [3.05, 3.63) is 42.1 Å².